The van der Waals surface area contributed by atoms with Gasteiger partial charge in [0.2, 0.25) is 0 Å². The van der Waals surface area contributed by atoms with Crippen LogP contribution >= 0.6 is 0 Å². The first-order valence-electron chi connectivity index (χ1n) is 8.41. The number of piperidine rings is 2. The predicted molar refractivity (Wildman–Crippen MR) is 84.2 cm³/mol. The Hall–Kier alpha value is -0.810. The summed E-state index contributed by atoms with van der Waals surface area (Å²) in [5.74, 6) is 1.00. The summed E-state index contributed by atoms with van der Waals surface area (Å²) in [4.78, 5) is 16.5. The van der Waals surface area contributed by atoms with E-state index in [-0.39, 0.29) is 18.2 Å². The van der Waals surface area contributed by atoms with Gasteiger partial charge in [0.05, 0.1) is 6.10 Å². The van der Waals surface area contributed by atoms with Gasteiger partial charge in [-0.1, -0.05) is 20.8 Å². The Kier molecular flexibility index (Phi) is 5.88. The zero-order chi connectivity index (χ0) is 15.4. The second-order valence-electron chi connectivity index (χ2n) is 7.20. The first-order chi connectivity index (χ1) is 9.95. The predicted octanol–water partition coefficient (Wildman–Crippen LogP) is 1.52. The summed E-state index contributed by atoms with van der Waals surface area (Å²) >= 11 is 0. The van der Waals surface area contributed by atoms with E-state index in [0.717, 1.165) is 45.4 Å². The van der Waals surface area contributed by atoms with E-state index >= 15 is 0 Å². The van der Waals surface area contributed by atoms with Crippen LogP contribution in [0.1, 0.15) is 40.0 Å². The Bertz CT molecular complexity index is 340. The molecule has 0 bridgehead atoms. The summed E-state index contributed by atoms with van der Waals surface area (Å²) in [5.41, 5.74) is 0. The van der Waals surface area contributed by atoms with Crippen molar-refractivity contribution in [3.05, 3.63) is 0 Å². The van der Waals surface area contributed by atoms with Crippen molar-refractivity contribution in [2.24, 2.45) is 11.8 Å². The molecule has 0 aromatic rings. The fourth-order valence-electron chi connectivity index (χ4n) is 3.28. The van der Waals surface area contributed by atoms with E-state index in [0.29, 0.717) is 18.4 Å². The number of likely N-dealkylation sites (tertiary alicyclic amines) is 2. The number of aliphatic hydroxyl groups is 1. The normalized spacial score (nSPS) is 28.9. The van der Waals surface area contributed by atoms with Crippen molar-refractivity contribution in [2.45, 2.75) is 52.2 Å². The number of hydrogen-bond donors (Lipinski definition) is 2. The van der Waals surface area contributed by atoms with Crippen molar-refractivity contribution in [1.82, 2.24) is 15.1 Å². The summed E-state index contributed by atoms with van der Waals surface area (Å²) in [6.45, 7) is 11.1. The number of nitrogens with one attached hydrogen (secondary N) is 1. The lowest BCUT2D eigenvalue weighted by atomic mass is 9.96. The minimum Gasteiger partial charge on any atom is -0.391 e. The average molecular weight is 297 g/mol. The molecule has 2 atom stereocenters. The Morgan fingerprint density at radius 2 is 1.90 bits per heavy atom. The highest BCUT2D eigenvalue weighted by Gasteiger charge is 2.29. The topological polar surface area (TPSA) is 55.8 Å². The number of hydrogen-bond acceptors (Lipinski definition) is 3. The van der Waals surface area contributed by atoms with Crippen LogP contribution in [0, 0.1) is 11.8 Å². The Morgan fingerprint density at radius 3 is 2.48 bits per heavy atom. The summed E-state index contributed by atoms with van der Waals surface area (Å²) in [7, 11) is 0. The van der Waals surface area contributed by atoms with Crippen LogP contribution in [0.4, 0.5) is 4.79 Å². The van der Waals surface area contributed by atoms with Crippen molar-refractivity contribution < 1.29 is 9.90 Å². The molecule has 2 N–H and O–H groups in total. The third-order valence-electron chi connectivity index (χ3n) is 4.74. The molecule has 5 heteroatoms. The number of rotatable bonds is 3. The zero-order valence-corrected chi connectivity index (χ0v) is 13.7. The molecule has 2 rings (SSSR count). The van der Waals surface area contributed by atoms with Gasteiger partial charge in [-0.25, -0.2) is 4.79 Å². The van der Waals surface area contributed by atoms with Crippen LogP contribution in [0.3, 0.4) is 0 Å². The lowest BCUT2D eigenvalue weighted by molar-refractivity contribution is 0.0423. The van der Waals surface area contributed by atoms with Crippen molar-refractivity contribution >= 4 is 6.03 Å². The van der Waals surface area contributed by atoms with Gasteiger partial charge in [0, 0.05) is 38.8 Å². The fourth-order valence-corrected chi connectivity index (χ4v) is 3.28. The molecule has 0 spiro atoms. The maximum Gasteiger partial charge on any atom is 0.317 e. The lowest BCUT2D eigenvalue weighted by Crippen LogP contribution is -2.53. The number of aliphatic hydroxyl groups excluding tert-OH is 1. The van der Waals surface area contributed by atoms with Gasteiger partial charge in [-0.15, -0.1) is 0 Å². The highest BCUT2D eigenvalue weighted by Crippen LogP contribution is 2.18. The van der Waals surface area contributed by atoms with Gasteiger partial charge in [-0.2, -0.15) is 0 Å². The van der Waals surface area contributed by atoms with Gasteiger partial charge in [-0.3, -0.25) is 0 Å². The maximum atomic E-state index is 12.3. The molecule has 0 radical (unpaired) electrons. The van der Waals surface area contributed by atoms with E-state index < -0.39 is 0 Å². The molecule has 2 saturated heterocycles. The zero-order valence-electron chi connectivity index (χ0n) is 13.7. The lowest BCUT2D eigenvalue weighted by Gasteiger charge is -2.37. The Labute approximate surface area is 128 Å². The first-order valence-corrected chi connectivity index (χ1v) is 8.41. The third-order valence-corrected chi connectivity index (χ3v) is 4.74. The molecular formula is C16H31N3O2. The van der Waals surface area contributed by atoms with Crippen LogP contribution in [0.25, 0.3) is 0 Å². The molecule has 0 saturated carbocycles. The van der Waals surface area contributed by atoms with E-state index in [4.69, 9.17) is 0 Å². The van der Waals surface area contributed by atoms with Gasteiger partial charge in [0.25, 0.3) is 0 Å². The number of carbonyl (C=O) groups excluding carboxylic acids is 1. The minimum absolute atomic E-state index is 0.00302. The minimum atomic E-state index is -0.377. The second kappa shape index (κ2) is 7.45. The van der Waals surface area contributed by atoms with Gasteiger partial charge in [0.1, 0.15) is 0 Å². The highest BCUT2D eigenvalue weighted by atomic mass is 16.3. The molecule has 21 heavy (non-hydrogen) atoms. The number of carbonyl (C=O) groups is 1. The first kappa shape index (κ1) is 16.6. The summed E-state index contributed by atoms with van der Waals surface area (Å²) in [5, 5.41) is 13.0. The summed E-state index contributed by atoms with van der Waals surface area (Å²) in [6, 6.07) is 0.292. The van der Waals surface area contributed by atoms with Crippen molar-refractivity contribution in [3.8, 4) is 0 Å². The smallest absolute Gasteiger partial charge is 0.317 e. The average Bonchev–Trinajstić information content (AvgIpc) is 2.43. The van der Waals surface area contributed by atoms with Crippen molar-refractivity contribution in [2.75, 3.05) is 32.7 Å². The molecule has 2 fully saturated rings. The molecular weight excluding hydrogens is 266 g/mol. The quantitative estimate of drug-likeness (QED) is 0.830. The van der Waals surface area contributed by atoms with E-state index in [1.54, 1.807) is 4.90 Å². The van der Waals surface area contributed by atoms with Crippen molar-refractivity contribution in [1.29, 1.82) is 0 Å². The molecule has 2 amide bonds. The molecule has 0 aliphatic carbocycles. The molecule has 5 nitrogen and oxygen atoms in total. The largest absolute Gasteiger partial charge is 0.391 e. The number of urea groups is 1. The van der Waals surface area contributed by atoms with Gasteiger partial charge in [0.15, 0.2) is 0 Å². The third kappa shape index (κ3) is 4.85. The van der Waals surface area contributed by atoms with E-state index in [2.05, 4.69) is 24.1 Å². The highest BCUT2D eigenvalue weighted by molar-refractivity contribution is 5.74. The van der Waals surface area contributed by atoms with Crippen molar-refractivity contribution in [3.63, 3.8) is 0 Å². The van der Waals surface area contributed by atoms with Crippen LogP contribution in [-0.2, 0) is 0 Å². The Morgan fingerprint density at radius 1 is 1.24 bits per heavy atom. The summed E-state index contributed by atoms with van der Waals surface area (Å²) in [6.07, 6.45) is 2.58. The van der Waals surface area contributed by atoms with Crippen LogP contribution < -0.4 is 5.32 Å². The Balaban J connectivity index is 1.72. The van der Waals surface area contributed by atoms with Crippen LogP contribution in [0.2, 0.25) is 0 Å². The summed E-state index contributed by atoms with van der Waals surface area (Å²) < 4.78 is 0. The number of β-amino-alcohol motifs (C(OH)–C–C–N with tert-alkyl or cyclic N) is 1. The molecule has 2 aliphatic rings. The van der Waals surface area contributed by atoms with Crippen LogP contribution in [0.15, 0.2) is 0 Å². The molecule has 122 valence electrons. The molecule has 0 aromatic carbocycles. The maximum absolute atomic E-state index is 12.3. The van der Waals surface area contributed by atoms with E-state index in [1.807, 2.05) is 6.92 Å². The number of nitrogens with zero attached hydrogens (tertiary/aromatic N) is 2. The molecule has 2 unspecified atom stereocenters. The van der Waals surface area contributed by atoms with Crippen LogP contribution in [0.5, 0.6) is 0 Å². The van der Waals surface area contributed by atoms with E-state index in [1.165, 1.54) is 0 Å². The fraction of sp³-hybridized carbons (Fsp3) is 0.938. The monoisotopic (exact) mass is 297 g/mol. The molecule has 2 aliphatic heterocycles. The standard InChI is InChI=1S/C16H31N3O2/c1-12(2)10-18-7-5-14(6-8-18)17-16(21)19-9-4-13(3)15(20)11-19/h12-15,20H,4-11H2,1-3H3,(H,17,21). The van der Waals surface area contributed by atoms with Crippen LogP contribution in [-0.4, -0.2) is 65.8 Å². The number of amides is 2. The van der Waals surface area contributed by atoms with E-state index in [9.17, 15) is 9.90 Å². The SMILES string of the molecule is CC(C)CN1CCC(NC(=O)N2CCC(C)C(O)C2)CC1. The molecule has 2 heterocycles. The van der Waals surface area contributed by atoms with Gasteiger partial charge < -0.3 is 20.2 Å². The van der Waals surface area contributed by atoms with Gasteiger partial charge in [-0.05, 0) is 31.1 Å². The van der Waals surface area contributed by atoms with Gasteiger partial charge >= 0.3 is 6.03 Å². The molecule has 0 aromatic heterocycles. The second-order valence-corrected chi connectivity index (χ2v) is 7.20.